The first-order chi connectivity index (χ1) is 14.9. The molecule has 6 nitrogen and oxygen atoms in total. The number of hydrogen-bond acceptors (Lipinski definition) is 3. The Morgan fingerprint density at radius 3 is 2.25 bits per heavy atom. The second-order valence-corrected chi connectivity index (χ2v) is 9.78. The van der Waals surface area contributed by atoms with Crippen molar-refractivity contribution in [2.75, 3.05) is 33.2 Å². The van der Waals surface area contributed by atoms with Crippen LogP contribution in [0.4, 0.5) is 0 Å². The molecule has 2 aliphatic heterocycles. The summed E-state index contributed by atoms with van der Waals surface area (Å²) in [6.45, 7) is 8.01. The maximum absolute atomic E-state index is 13.3. The summed E-state index contributed by atoms with van der Waals surface area (Å²) in [5, 5.41) is 4.09. The van der Waals surface area contributed by atoms with E-state index in [1.165, 1.54) is 25.9 Å². The zero-order chi connectivity index (χ0) is 22.0. The van der Waals surface area contributed by atoms with Crippen LogP contribution in [0.15, 0.2) is 30.5 Å². The van der Waals surface area contributed by atoms with Gasteiger partial charge in [0.25, 0.3) is 5.91 Å². The molecule has 0 unspecified atom stereocenters. The van der Waals surface area contributed by atoms with Gasteiger partial charge in [-0.3, -0.25) is 9.59 Å². The van der Waals surface area contributed by atoms with Crippen molar-refractivity contribution in [3.8, 4) is 0 Å². The molecule has 2 amide bonds. The van der Waals surface area contributed by atoms with Crippen LogP contribution >= 0.6 is 12.4 Å². The Kier molecular flexibility index (Phi) is 8.23. The minimum atomic E-state index is -0.494. The van der Waals surface area contributed by atoms with Gasteiger partial charge in [-0.25, -0.2) is 0 Å². The zero-order valence-corrected chi connectivity index (χ0v) is 20.3. The summed E-state index contributed by atoms with van der Waals surface area (Å²) in [5.41, 5.74) is 1.51. The van der Waals surface area contributed by atoms with Crippen LogP contribution in [0.25, 0.3) is 10.9 Å². The third-order valence-electron chi connectivity index (χ3n) is 7.32. The number of amides is 2. The molecule has 2 N–H and O–H groups in total. The molecule has 2 aromatic rings. The van der Waals surface area contributed by atoms with Gasteiger partial charge in [0.15, 0.2) is 0 Å². The molecule has 1 aromatic carbocycles. The van der Waals surface area contributed by atoms with Crippen LogP contribution in [0.1, 0.15) is 49.9 Å². The molecule has 4 rings (SSSR count). The summed E-state index contributed by atoms with van der Waals surface area (Å²) in [5.74, 6) is 1.45. The van der Waals surface area contributed by atoms with Gasteiger partial charge in [-0.2, -0.15) is 0 Å². The molecule has 1 atom stereocenters. The molecule has 176 valence electrons. The number of hydrogen-bond donors (Lipinski definition) is 2. The number of fused-ring (bicyclic) bond motifs is 1. The molecule has 0 bridgehead atoms. The van der Waals surface area contributed by atoms with Crippen LogP contribution < -0.4 is 5.32 Å². The molecule has 2 aliphatic rings. The molecule has 7 heteroatoms. The van der Waals surface area contributed by atoms with Crippen molar-refractivity contribution in [3.63, 3.8) is 0 Å². The number of likely N-dealkylation sites (tertiary alicyclic amines) is 2. The highest BCUT2D eigenvalue weighted by Gasteiger charge is 2.34. The predicted octanol–water partition coefficient (Wildman–Crippen LogP) is 3.92. The number of aromatic nitrogens is 1. The van der Waals surface area contributed by atoms with Gasteiger partial charge in [0.2, 0.25) is 5.91 Å². The van der Waals surface area contributed by atoms with Crippen molar-refractivity contribution in [3.05, 3.63) is 36.0 Å². The smallest absolute Gasteiger partial charge is 0.252 e. The molecule has 0 radical (unpaired) electrons. The third-order valence-corrected chi connectivity index (χ3v) is 7.32. The molecule has 0 spiro atoms. The number of nitrogens with one attached hydrogen (secondary N) is 2. The Morgan fingerprint density at radius 1 is 1.00 bits per heavy atom. The average molecular weight is 461 g/mol. The summed E-state index contributed by atoms with van der Waals surface area (Å²) >= 11 is 0. The van der Waals surface area contributed by atoms with Crippen LogP contribution in [0.3, 0.4) is 0 Å². The summed E-state index contributed by atoms with van der Waals surface area (Å²) in [4.78, 5) is 33.7. The van der Waals surface area contributed by atoms with Crippen molar-refractivity contribution < 1.29 is 9.59 Å². The van der Waals surface area contributed by atoms with Crippen LogP contribution in [0.2, 0.25) is 0 Å². The van der Waals surface area contributed by atoms with Crippen LogP contribution in [-0.4, -0.2) is 65.9 Å². The number of carbonyl (C=O) groups is 2. The molecular formula is C25H37ClN4O2. The van der Waals surface area contributed by atoms with Crippen LogP contribution in [-0.2, 0) is 4.79 Å². The fourth-order valence-electron chi connectivity index (χ4n) is 5.22. The van der Waals surface area contributed by atoms with Gasteiger partial charge in [0.1, 0.15) is 6.04 Å². The lowest BCUT2D eigenvalue weighted by atomic mass is 9.78. The first-order valence-electron chi connectivity index (χ1n) is 11.8. The molecule has 1 aromatic heterocycles. The van der Waals surface area contributed by atoms with E-state index in [1.54, 1.807) is 0 Å². The molecule has 2 fully saturated rings. The van der Waals surface area contributed by atoms with Crippen molar-refractivity contribution in [2.24, 2.45) is 17.8 Å². The number of carbonyl (C=O) groups excluding carboxylic acids is 2. The Bertz CT molecular complexity index is 912. The first kappa shape index (κ1) is 24.6. The molecule has 0 saturated carbocycles. The van der Waals surface area contributed by atoms with E-state index < -0.39 is 6.04 Å². The number of rotatable bonds is 5. The van der Waals surface area contributed by atoms with Gasteiger partial charge < -0.3 is 20.1 Å². The van der Waals surface area contributed by atoms with E-state index >= 15 is 0 Å². The van der Waals surface area contributed by atoms with E-state index in [-0.39, 0.29) is 30.1 Å². The Morgan fingerprint density at radius 2 is 1.62 bits per heavy atom. The van der Waals surface area contributed by atoms with Gasteiger partial charge in [-0.05, 0) is 87.2 Å². The highest BCUT2D eigenvalue weighted by Crippen LogP contribution is 2.32. The largest absolute Gasteiger partial charge is 0.361 e. The Hall–Kier alpha value is -2.05. The molecule has 0 aliphatic carbocycles. The predicted molar refractivity (Wildman–Crippen MR) is 131 cm³/mol. The molecule has 2 saturated heterocycles. The van der Waals surface area contributed by atoms with Gasteiger partial charge in [-0.1, -0.05) is 19.9 Å². The standard InChI is InChI=1S/C25H36N4O2.ClH/c1-17(2)23(27-24(30)21-5-4-20-6-11-26-22(20)16-21)25(31)29-14-9-19(10-15-29)18-7-12-28(3)13-8-18;/h4-6,11,16-19,23,26H,7-10,12-15H2,1-3H3,(H,27,30);1H/t23-;/m1./s1. The molecule has 3 heterocycles. The Balaban J connectivity index is 0.00000289. The lowest BCUT2D eigenvalue weighted by molar-refractivity contribution is -0.136. The van der Waals surface area contributed by atoms with Gasteiger partial charge in [0.05, 0.1) is 0 Å². The summed E-state index contributed by atoms with van der Waals surface area (Å²) in [6.07, 6.45) is 6.60. The third kappa shape index (κ3) is 5.46. The maximum atomic E-state index is 13.3. The second kappa shape index (κ2) is 10.7. The lowest BCUT2D eigenvalue weighted by Crippen LogP contribution is -2.53. The summed E-state index contributed by atoms with van der Waals surface area (Å²) < 4.78 is 0. The first-order valence-corrected chi connectivity index (χ1v) is 11.8. The minimum Gasteiger partial charge on any atom is -0.361 e. The van der Waals surface area contributed by atoms with E-state index in [1.807, 2.05) is 49.2 Å². The lowest BCUT2D eigenvalue weighted by Gasteiger charge is -2.40. The summed E-state index contributed by atoms with van der Waals surface area (Å²) in [7, 11) is 2.20. The molecular weight excluding hydrogens is 424 g/mol. The van der Waals surface area contributed by atoms with Crippen molar-refractivity contribution >= 4 is 35.1 Å². The van der Waals surface area contributed by atoms with Crippen molar-refractivity contribution in [1.29, 1.82) is 0 Å². The van der Waals surface area contributed by atoms with E-state index in [4.69, 9.17) is 0 Å². The fraction of sp³-hybridized carbons (Fsp3) is 0.600. The van der Waals surface area contributed by atoms with E-state index in [0.717, 1.165) is 48.7 Å². The normalized spacial score (nSPS) is 19.7. The van der Waals surface area contributed by atoms with Crippen LogP contribution in [0.5, 0.6) is 0 Å². The maximum Gasteiger partial charge on any atom is 0.252 e. The minimum absolute atomic E-state index is 0. The Labute approximate surface area is 197 Å². The van der Waals surface area contributed by atoms with E-state index in [0.29, 0.717) is 5.56 Å². The topological polar surface area (TPSA) is 68.4 Å². The zero-order valence-electron chi connectivity index (χ0n) is 19.5. The average Bonchev–Trinajstić information content (AvgIpc) is 3.25. The number of H-pyrrole nitrogens is 1. The SMILES string of the molecule is CC(C)[C@@H](NC(=O)c1ccc2cc[nH]c2c1)C(=O)N1CCC(C2CCN(C)CC2)CC1.Cl. The number of benzene rings is 1. The fourth-order valence-corrected chi connectivity index (χ4v) is 5.22. The summed E-state index contributed by atoms with van der Waals surface area (Å²) in [6, 6.07) is 7.08. The monoisotopic (exact) mass is 460 g/mol. The second-order valence-electron chi connectivity index (χ2n) is 9.78. The molecule has 32 heavy (non-hydrogen) atoms. The number of aromatic amines is 1. The quantitative estimate of drug-likeness (QED) is 0.710. The highest BCUT2D eigenvalue weighted by molar-refractivity contribution is 6.00. The van der Waals surface area contributed by atoms with E-state index in [9.17, 15) is 9.59 Å². The van der Waals surface area contributed by atoms with Gasteiger partial charge in [0, 0.05) is 30.4 Å². The van der Waals surface area contributed by atoms with Crippen molar-refractivity contribution in [2.45, 2.75) is 45.6 Å². The number of nitrogens with zero attached hydrogens (tertiary/aromatic N) is 2. The highest BCUT2D eigenvalue weighted by atomic mass is 35.5. The van der Waals surface area contributed by atoms with Crippen LogP contribution in [0, 0.1) is 17.8 Å². The van der Waals surface area contributed by atoms with Crippen molar-refractivity contribution in [1.82, 2.24) is 20.1 Å². The number of halogens is 1. The van der Waals surface area contributed by atoms with Gasteiger partial charge in [-0.15, -0.1) is 12.4 Å². The van der Waals surface area contributed by atoms with Gasteiger partial charge >= 0.3 is 0 Å². The number of piperidine rings is 2. The van der Waals surface area contributed by atoms with E-state index in [2.05, 4.69) is 22.2 Å².